The van der Waals surface area contributed by atoms with Gasteiger partial charge in [0.2, 0.25) is 5.90 Å². The van der Waals surface area contributed by atoms with E-state index in [2.05, 4.69) is 61.0 Å². The second-order valence-corrected chi connectivity index (χ2v) is 17.5. The monoisotopic (exact) mass is 582 g/mol. The second-order valence-electron chi connectivity index (χ2n) is 12.7. The number of pyridine rings is 1. The number of nitrogens with one attached hydrogen (secondary N) is 3. The van der Waals surface area contributed by atoms with E-state index in [1.165, 1.54) is 12.7 Å². The van der Waals surface area contributed by atoms with E-state index >= 15 is 0 Å². The summed E-state index contributed by atoms with van der Waals surface area (Å²) < 4.78 is 11.8. The van der Waals surface area contributed by atoms with Gasteiger partial charge in [0.05, 0.1) is 31.0 Å². The van der Waals surface area contributed by atoms with Crippen molar-refractivity contribution in [2.24, 2.45) is 4.99 Å². The summed E-state index contributed by atoms with van der Waals surface area (Å²) in [4.78, 5) is 25.2. The molecule has 2 aliphatic heterocycles. The van der Waals surface area contributed by atoms with Crippen molar-refractivity contribution in [1.29, 1.82) is 5.41 Å². The number of amides is 1. The molecule has 0 aromatic carbocycles. The van der Waals surface area contributed by atoms with Crippen LogP contribution in [0, 0.1) is 12.3 Å². The van der Waals surface area contributed by atoms with E-state index in [0.717, 1.165) is 37.3 Å². The molecule has 0 radical (unpaired) electrons. The fourth-order valence-corrected chi connectivity index (χ4v) is 6.22. The minimum Gasteiger partial charge on any atom is -0.480 e. The van der Waals surface area contributed by atoms with Crippen LogP contribution in [0.2, 0.25) is 18.1 Å². The summed E-state index contributed by atoms with van der Waals surface area (Å²) in [7, 11) is -0.342. The molecule has 2 aliphatic rings. The topological polar surface area (TPSA) is 112 Å². The predicted octanol–water partition coefficient (Wildman–Crippen LogP) is 4.43. The molecule has 0 bridgehead atoms. The number of aliphatic imine (C=N–C) groups is 1. The highest BCUT2D eigenvalue weighted by atomic mass is 28.4. The zero-order chi connectivity index (χ0) is 30.4. The van der Waals surface area contributed by atoms with E-state index in [-0.39, 0.29) is 35.0 Å². The molecule has 3 rings (SSSR count). The summed E-state index contributed by atoms with van der Waals surface area (Å²) in [6.07, 6.45) is 7.23. The molecule has 1 aromatic heterocycles. The lowest BCUT2D eigenvalue weighted by atomic mass is 9.99. The van der Waals surface area contributed by atoms with Crippen LogP contribution in [0.3, 0.4) is 0 Å². The van der Waals surface area contributed by atoms with E-state index in [1.807, 2.05) is 32.1 Å². The second kappa shape index (κ2) is 14.0. The quantitative estimate of drug-likeness (QED) is 0.146. The number of carbonyl (C=O) groups is 1. The third-order valence-corrected chi connectivity index (χ3v) is 13.0. The minimum absolute atomic E-state index is 0.0387. The van der Waals surface area contributed by atoms with Crippen molar-refractivity contribution < 1.29 is 14.0 Å². The largest absolute Gasteiger partial charge is 0.480 e. The Balaban J connectivity index is 1.73. The maximum atomic E-state index is 13.4. The van der Waals surface area contributed by atoms with Gasteiger partial charge in [-0.05, 0) is 68.6 Å². The number of fused-ring (bicyclic) bond motifs is 1. The van der Waals surface area contributed by atoms with Gasteiger partial charge in [-0.2, -0.15) is 0 Å². The number of hydrogen-bond donors (Lipinski definition) is 3. The number of rotatable bonds is 12. The Morgan fingerprint density at radius 2 is 2.10 bits per heavy atom. The van der Waals surface area contributed by atoms with Crippen LogP contribution in [0.5, 0.6) is 0 Å². The van der Waals surface area contributed by atoms with Crippen LogP contribution < -0.4 is 10.6 Å². The van der Waals surface area contributed by atoms with Gasteiger partial charge in [-0.25, -0.2) is 4.98 Å². The molecule has 0 spiro atoms. The Morgan fingerprint density at radius 1 is 1.39 bits per heavy atom. The molecule has 2 atom stereocenters. The molecule has 10 heteroatoms. The van der Waals surface area contributed by atoms with E-state index in [1.54, 1.807) is 6.08 Å². The van der Waals surface area contributed by atoms with Crippen molar-refractivity contribution in [2.75, 3.05) is 33.3 Å². The molecule has 1 aromatic rings. The first-order valence-electron chi connectivity index (χ1n) is 14.6. The number of methoxy groups -OCH3 is 1. The van der Waals surface area contributed by atoms with Gasteiger partial charge in [-0.1, -0.05) is 45.6 Å². The van der Waals surface area contributed by atoms with Crippen molar-refractivity contribution in [3.8, 4) is 0 Å². The van der Waals surface area contributed by atoms with Crippen molar-refractivity contribution >= 4 is 25.8 Å². The van der Waals surface area contributed by atoms with Crippen molar-refractivity contribution in [3.63, 3.8) is 0 Å². The zero-order valence-corrected chi connectivity index (χ0v) is 27.3. The Kier molecular flexibility index (Phi) is 11.2. The molecular formula is C31H50N6O3Si. The van der Waals surface area contributed by atoms with Crippen LogP contribution in [-0.2, 0) is 22.1 Å². The van der Waals surface area contributed by atoms with Crippen LogP contribution in [0.4, 0.5) is 0 Å². The molecule has 9 nitrogen and oxygen atoms in total. The molecule has 3 N–H and O–H groups in total. The highest BCUT2D eigenvalue weighted by Crippen LogP contribution is 2.38. The molecule has 0 saturated carbocycles. The summed E-state index contributed by atoms with van der Waals surface area (Å²) in [6, 6.07) is 1.27. The van der Waals surface area contributed by atoms with Gasteiger partial charge in [-0.15, -0.1) is 0 Å². The average Bonchev–Trinajstić information content (AvgIpc) is 2.89. The Hall–Kier alpha value is -2.66. The lowest BCUT2D eigenvalue weighted by molar-refractivity contribution is 0.0212. The highest BCUT2D eigenvalue weighted by Gasteiger charge is 2.42. The Labute approximate surface area is 247 Å². The van der Waals surface area contributed by atoms with E-state index in [0.29, 0.717) is 30.9 Å². The molecule has 226 valence electrons. The first-order valence-corrected chi connectivity index (χ1v) is 17.5. The fourth-order valence-electron chi connectivity index (χ4n) is 4.89. The number of hydrogen-bond acceptors (Lipinski definition) is 8. The molecule has 0 aliphatic carbocycles. The van der Waals surface area contributed by atoms with Gasteiger partial charge in [0, 0.05) is 26.2 Å². The summed E-state index contributed by atoms with van der Waals surface area (Å²) in [5, 5.41) is 15.1. The normalized spacial score (nSPS) is 18.4. The predicted molar refractivity (Wildman–Crippen MR) is 170 cm³/mol. The third-order valence-electron chi connectivity index (χ3n) is 8.46. The van der Waals surface area contributed by atoms with E-state index < -0.39 is 8.32 Å². The smallest absolute Gasteiger partial charge is 0.270 e. The van der Waals surface area contributed by atoms with Gasteiger partial charge in [0.1, 0.15) is 11.4 Å². The first kappa shape index (κ1) is 32.8. The average molecular weight is 583 g/mol. The van der Waals surface area contributed by atoms with Crippen molar-refractivity contribution in [1.82, 2.24) is 20.5 Å². The lowest BCUT2D eigenvalue weighted by Gasteiger charge is -2.46. The van der Waals surface area contributed by atoms with Crippen molar-refractivity contribution in [2.45, 2.75) is 90.3 Å². The Bertz CT molecular complexity index is 1170. The fraction of sp³-hybridized carbons (Fsp3) is 0.613. The van der Waals surface area contributed by atoms with Crippen LogP contribution in [0.1, 0.15) is 61.4 Å². The first-order chi connectivity index (χ1) is 19.3. The lowest BCUT2D eigenvalue weighted by Crippen LogP contribution is -2.59. The van der Waals surface area contributed by atoms with Crippen LogP contribution in [0.25, 0.3) is 0 Å². The van der Waals surface area contributed by atoms with Crippen LogP contribution >= 0.6 is 0 Å². The number of likely N-dealkylation sites (tertiary alicyclic amines) is 1. The van der Waals surface area contributed by atoms with Crippen LogP contribution in [0.15, 0.2) is 35.9 Å². The van der Waals surface area contributed by atoms with Gasteiger partial charge < -0.3 is 19.8 Å². The van der Waals surface area contributed by atoms with Crippen molar-refractivity contribution in [3.05, 3.63) is 53.4 Å². The molecule has 3 heterocycles. The van der Waals surface area contributed by atoms with Gasteiger partial charge >= 0.3 is 0 Å². The number of aryl methyl sites for hydroxylation is 1. The molecule has 41 heavy (non-hydrogen) atoms. The SMILES string of the molecule is C=C/C=C\C[C@H](NC(=O)c1cc(C)c2c(n1)CNCC2)C(C)/N=C(/CN1CC(O[Si](C)(C)C(C)(C)C)C1)C(=N)OC. The maximum Gasteiger partial charge on any atom is 0.270 e. The number of nitrogens with zero attached hydrogens (tertiary/aromatic N) is 3. The summed E-state index contributed by atoms with van der Waals surface area (Å²) >= 11 is 0. The van der Waals surface area contributed by atoms with E-state index in [4.69, 9.17) is 19.6 Å². The zero-order valence-electron chi connectivity index (χ0n) is 26.3. The molecular weight excluding hydrogens is 532 g/mol. The van der Waals surface area contributed by atoms with E-state index in [9.17, 15) is 4.79 Å². The number of carbonyl (C=O) groups excluding carboxylic acids is 1. The summed E-state index contributed by atoms with van der Waals surface area (Å²) in [5.41, 5.74) is 4.24. The molecule has 1 unspecified atom stereocenters. The molecule has 1 saturated heterocycles. The van der Waals surface area contributed by atoms with Crippen LogP contribution in [-0.4, -0.2) is 87.2 Å². The standard InChI is InChI=1S/C31H50N6O3Si/c1-10-11-12-13-25(36-30(38)26-16-21(2)24-14-15-33-17-27(24)35-26)22(3)34-28(29(32)39-7)20-37-18-23(19-37)40-41(8,9)31(4,5)6/h10-12,16,22-23,25,32-33H,1,13-15,17-20H2,2-9H3,(H,36,38)/b12-11-,32-29?,34-28-/t22?,25-/m0/s1. The summed E-state index contributed by atoms with van der Waals surface area (Å²) in [6.45, 7) is 22.8. The summed E-state index contributed by atoms with van der Waals surface area (Å²) in [5.74, 6) is -0.186. The highest BCUT2D eigenvalue weighted by molar-refractivity contribution is 6.74. The van der Waals surface area contributed by atoms with Gasteiger partial charge in [-0.3, -0.25) is 20.1 Å². The van der Waals surface area contributed by atoms with Gasteiger partial charge in [0.15, 0.2) is 8.32 Å². The maximum absolute atomic E-state index is 13.4. The molecule has 1 fully saturated rings. The number of aromatic nitrogens is 1. The van der Waals surface area contributed by atoms with Gasteiger partial charge in [0.25, 0.3) is 5.91 Å². The number of ether oxygens (including phenoxy) is 1. The molecule has 1 amide bonds. The third kappa shape index (κ3) is 8.67. The number of allylic oxidation sites excluding steroid dienone is 2. The minimum atomic E-state index is -1.84. The Morgan fingerprint density at radius 3 is 2.73 bits per heavy atom.